The van der Waals surface area contributed by atoms with E-state index >= 15 is 0 Å². The summed E-state index contributed by atoms with van der Waals surface area (Å²) in [4.78, 5) is 24.6. The molecular weight excluding hydrogens is 282 g/mol. The van der Waals surface area contributed by atoms with Gasteiger partial charge in [-0.3, -0.25) is 9.59 Å². The van der Waals surface area contributed by atoms with Gasteiger partial charge in [0.15, 0.2) is 11.5 Å². The molecule has 1 aromatic rings. The van der Waals surface area contributed by atoms with Crippen molar-refractivity contribution >= 4 is 12.2 Å². The molecule has 1 amide bonds. The Morgan fingerprint density at radius 1 is 1.23 bits per heavy atom. The van der Waals surface area contributed by atoms with Crippen LogP contribution >= 0.6 is 0 Å². The average Bonchev–Trinajstić information content (AvgIpc) is 2.76. The Kier molecular flexibility index (Phi) is 6.25. The molecule has 0 radical (unpaired) electrons. The van der Waals surface area contributed by atoms with Gasteiger partial charge in [0.05, 0.1) is 13.7 Å². The van der Waals surface area contributed by atoms with Crippen LogP contribution in [0.15, 0.2) is 18.2 Å². The van der Waals surface area contributed by atoms with Crippen LogP contribution in [0.3, 0.4) is 0 Å². The molecular formula is C17H23NO4. The summed E-state index contributed by atoms with van der Waals surface area (Å²) in [5, 5.41) is 0. The second kappa shape index (κ2) is 8.41. The molecule has 5 heteroatoms. The van der Waals surface area contributed by atoms with E-state index < -0.39 is 0 Å². The van der Waals surface area contributed by atoms with Gasteiger partial charge in [-0.05, 0) is 37.5 Å². The minimum absolute atomic E-state index is 0.255. The van der Waals surface area contributed by atoms with Gasteiger partial charge in [0.1, 0.15) is 6.29 Å². The van der Waals surface area contributed by atoms with E-state index in [1.54, 1.807) is 25.3 Å². The highest BCUT2D eigenvalue weighted by atomic mass is 16.5. The maximum atomic E-state index is 11.9. The Labute approximate surface area is 131 Å². The lowest BCUT2D eigenvalue weighted by Gasteiger charge is -2.20. The number of methoxy groups -OCH3 is 1. The maximum absolute atomic E-state index is 11.9. The van der Waals surface area contributed by atoms with Crippen LogP contribution in [0.25, 0.3) is 0 Å². The minimum Gasteiger partial charge on any atom is -0.493 e. The Morgan fingerprint density at radius 3 is 2.86 bits per heavy atom. The molecule has 1 heterocycles. The van der Waals surface area contributed by atoms with Crippen molar-refractivity contribution in [3.05, 3.63) is 23.8 Å². The van der Waals surface area contributed by atoms with E-state index in [0.29, 0.717) is 30.1 Å². The van der Waals surface area contributed by atoms with Gasteiger partial charge >= 0.3 is 0 Å². The third-order valence-corrected chi connectivity index (χ3v) is 3.83. The van der Waals surface area contributed by atoms with Gasteiger partial charge in [-0.25, -0.2) is 0 Å². The van der Waals surface area contributed by atoms with Crippen molar-refractivity contribution in [2.24, 2.45) is 0 Å². The standard InChI is InChI=1S/C17H23NO4/c1-21-16-12-14(13-19)7-8-15(16)22-11-5-10-18-9-4-2-3-6-17(18)20/h7-8,12-13H,2-6,9-11H2,1H3. The van der Waals surface area contributed by atoms with E-state index in [1.807, 2.05) is 4.90 Å². The van der Waals surface area contributed by atoms with Crippen molar-refractivity contribution < 1.29 is 19.1 Å². The number of hydrogen-bond acceptors (Lipinski definition) is 4. The molecule has 0 spiro atoms. The number of nitrogens with zero attached hydrogens (tertiary/aromatic N) is 1. The van der Waals surface area contributed by atoms with Crippen LogP contribution in [0.2, 0.25) is 0 Å². The highest BCUT2D eigenvalue weighted by molar-refractivity contribution is 5.76. The fourth-order valence-corrected chi connectivity index (χ4v) is 2.59. The number of benzene rings is 1. The van der Waals surface area contributed by atoms with Crippen LogP contribution in [0.1, 0.15) is 42.5 Å². The van der Waals surface area contributed by atoms with E-state index in [1.165, 1.54) is 0 Å². The lowest BCUT2D eigenvalue weighted by molar-refractivity contribution is -0.130. The number of rotatable bonds is 7. The predicted molar refractivity (Wildman–Crippen MR) is 83.5 cm³/mol. The summed E-state index contributed by atoms with van der Waals surface area (Å²) in [7, 11) is 1.55. The minimum atomic E-state index is 0.255. The topological polar surface area (TPSA) is 55.8 Å². The first-order valence-electron chi connectivity index (χ1n) is 7.78. The molecule has 1 fully saturated rings. The Balaban J connectivity index is 1.81. The van der Waals surface area contributed by atoms with Crippen molar-refractivity contribution in [1.82, 2.24) is 4.90 Å². The van der Waals surface area contributed by atoms with Gasteiger partial charge in [0.25, 0.3) is 0 Å². The number of aldehydes is 1. The van der Waals surface area contributed by atoms with Gasteiger partial charge < -0.3 is 14.4 Å². The van der Waals surface area contributed by atoms with Crippen molar-refractivity contribution in [2.45, 2.75) is 32.1 Å². The highest BCUT2D eigenvalue weighted by Gasteiger charge is 2.15. The molecule has 5 nitrogen and oxygen atoms in total. The van der Waals surface area contributed by atoms with Crippen LogP contribution in [-0.2, 0) is 4.79 Å². The average molecular weight is 305 g/mol. The Morgan fingerprint density at radius 2 is 2.09 bits per heavy atom. The van der Waals surface area contributed by atoms with Crippen molar-refractivity contribution in [3.63, 3.8) is 0 Å². The molecule has 0 unspecified atom stereocenters. The highest BCUT2D eigenvalue weighted by Crippen LogP contribution is 2.27. The summed E-state index contributed by atoms with van der Waals surface area (Å²) >= 11 is 0. The zero-order valence-corrected chi connectivity index (χ0v) is 13.0. The molecule has 1 saturated heterocycles. The van der Waals surface area contributed by atoms with E-state index in [-0.39, 0.29) is 5.91 Å². The van der Waals surface area contributed by atoms with Crippen molar-refractivity contribution in [1.29, 1.82) is 0 Å². The summed E-state index contributed by atoms with van der Waals surface area (Å²) < 4.78 is 10.9. The molecule has 0 bridgehead atoms. The number of hydrogen-bond donors (Lipinski definition) is 0. The molecule has 0 aliphatic carbocycles. The quantitative estimate of drug-likeness (QED) is 0.574. The van der Waals surface area contributed by atoms with Crippen molar-refractivity contribution in [2.75, 3.05) is 26.8 Å². The van der Waals surface area contributed by atoms with E-state index in [9.17, 15) is 9.59 Å². The summed E-state index contributed by atoms with van der Waals surface area (Å²) in [6, 6.07) is 5.09. The third-order valence-electron chi connectivity index (χ3n) is 3.83. The lowest BCUT2D eigenvalue weighted by Crippen LogP contribution is -2.32. The van der Waals surface area contributed by atoms with Gasteiger partial charge in [-0.1, -0.05) is 6.42 Å². The fraction of sp³-hybridized carbons (Fsp3) is 0.529. The molecule has 1 aliphatic rings. The van der Waals surface area contributed by atoms with E-state index in [2.05, 4.69) is 0 Å². The monoisotopic (exact) mass is 305 g/mol. The number of ether oxygens (including phenoxy) is 2. The summed E-state index contributed by atoms with van der Waals surface area (Å²) in [6.45, 7) is 2.10. The maximum Gasteiger partial charge on any atom is 0.222 e. The molecule has 0 atom stereocenters. The molecule has 2 rings (SSSR count). The molecule has 0 aromatic heterocycles. The SMILES string of the molecule is COc1cc(C=O)ccc1OCCCN1CCCCCC1=O. The molecule has 1 aliphatic heterocycles. The van der Waals surface area contributed by atoms with Crippen LogP contribution in [0.5, 0.6) is 11.5 Å². The van der Waals surface area contributed by atoms with Crippen molar-refractivity contribution in [3.8, 4) is 11.5 Å². The molecule has 120 valence electrons. The Bertz CT molecular complexity index is 515. The third kappa shape index (κ3) is 4.48. The number of likely N-dealkylation sites (tertiary alicyclic amines) is 1. The molecule has 1 aromatic carbocycles. The smallest absolute Gasteiger partial charge is 0.222 e. The zero-order chi connectivity index (χ0) is 15.8. The predicted octanol–water partition coefficient (Wildman–Crippen LogP) is 2.68. The molecule has 0 N–H and O–H groups in total. The summed E-state index contributed by atoms with van der Waals surface area (Å²) in [5.74, 6) is 1.43. The van der Waals surface area contributed by atoms with Gasteiger partial charge in [0, 0.05) is 25.1 Å². The first-order valence-corrected chi connectivity index (χ1v) is 7.78. The largest absolute Gasteiger partial charge is 0.493 e. The van der Waals surface area contributed by atoms with Crippen LogP contribution in [0.4, 0.5) is 0 Å². The van der Waals surface area contributed by atoms with Crippen LogP contribution in [0, 0.1) is 0 Å². The van der Waals surface area contributed by atoms with Gasteiger partial charge in [0.2, 0.25) is 5.91 Å². The molecule has 0 saturated carbocycles. The summed E-state index contributed by atoms with van der Waals surface area (Å²) in [6.07, 6.45) is 5.46. The molecule has 22 heavy (non-hydrogen) atoms. The van der Waals surface area contributed by atoms with Crippen LogP contribution < -0.4 is 9.47 Å². The fourth-order valence-electron chi connectivity index (χ4n) is 2.59. The summed E-state index contributed by atoms with van der Waals surface area (Å²) in [5.41, 5.74) is 0.555. The second-order valence-corrected chi connectivity index (χ2v) is 5.42. The normalized spacial score (nSPS) is 15.3. The number of amides is 1. The second-order valence-electron chi connectivity index (χ2n) is 5.42. The van der Waals surface area contributed by atoms with Gasteiger partial charge in [-0.15, -0.1) is 0 Å². The van der Waals surface area contributed by atoms with Gasteiger partial charge in [-0.2, -0.15) is 0 Å². The number of carbonyl (C=O) groups is 2. The van der Waals surface area contributed by atoms with E-state index in [4.69, 9.17) is 9.47 Å². The zero-order valence-electron chi connectivity index (χ0n) is 13.0. The van der Waals surface area contributed by atoms with Crippen LogP contribution in [-0.4, -0.2) is 43.9 Å². The Hall–Kier alpha value is -2.04. The first-order chi connectivity index (χ1) is 10.7. The lowest BCUT2D eigenvalue weighted by atomic mass is 10.2. The first kappa shape index (κ1) is 16.3. The number of carbonyl (C=O) groups excluding carboxylic acids is 2. The van der Waals surface area contributed by atoms with E-state index in [0.717, 1.165) is 45.1 Å².